The van der Waals surface area contributed by atoms with Crippen LogP contribution in [-0.2, 0) is 0 Å². The van der Waals surface area contributed by atoms with Gasteiger partial charge in [0, 0.05) is 0 Å². The van der Waals surface area contributed by atoms with Gasteiger partial charge in [0.05, 0.1) is 0 Å². The van der Waals surface area contributed by atoms with Crippen molar-refractivity contribution in [3.63, 3.8) is 0 Å². The van der Waals surface area contributed by atoms with Gasteiger partial charge in [0.1, 0.15) is 0 Å². The van der Waals surface area contributed by atoms with E-state index in [1.54, 1.807) is 0 Å². The number of nitrogens with zero attached hydrogens (tertiary/aromatic N) is 1. The first-order valence-electron chi connectivity index (χ1n) is 5.78. The molecule has 14 heavy (non-hydrogen) atoms. The largest absolute Gasteiger partial charge is 1.00 e. The maximum Gasteiger partial charge on any atom is 1.00 e. The number of likely N-dealkylation sites (tertiary alicyclic amines) is 1. The molecule has 0 aromatic heterocycles. The zero-order chi connectivity index (χ0) is 9.10. The molecule has 3 heteroatoms. The average Bonchev–Trinajstić information content (AvgIpc) is 2.20. The number of rotatable bonds is 1. The molecule has 2 fully saturated rings. The van der Waals surface area contributed by atoms with Crippen LogP contribution in [-0.4, -0.2) is 30.1 Å². The summed E-state index contributed by atoms with van der Waals surface area (Å²) >= 11 is 0. The minimum atomic E-state index is -0.285. The first-order valence-corrected chi connectivity index (χ1v) is 5.78. The second kappa shape index (κ2) is 6.49. The van der Waals surface area contributed by atoms with E-state index >= 15 is 0 Å². The SMILES string of the molecule is [Na+].[O-][C@@H]1CCCC[C@H]1N1CCCCC1. The molecule has 2 nitrogen and oxygen atoms in total. The summed E-state index contributed by atoms with van der Waals surface area (Å²) in [4.78, 5) is 2.46. The Labute approximate surface area is 109 Å². The van der Waals surface area contributed by atoms with Gasteiger partial charge in [-0.25, -0.2) is 0 Å². The van der Waals surface area contributed by atoms with Crippen LogP contribution in [0.3, 0.4) is 0 Å². The van der Waals surface area contributed by atoms with Gasteiger partial charge >= 0.3 is 29.6 Å². The number of hydrogen-bond donors (Lipinski definition) is 0. The van der Waals surface area contributed by atoms with Crippen LogP contribution in [0.25, 0.3) is 0 Å². The van der Waals surface area contributed by atoms with E-state index in [1.165, 1.54) is 45.2 Å². The summed E-state index contributed by atoms with van der Waals surface area (Å²) in [7, 11) is 0. The normalized spacial score (nSPS) is 34.9. The fourth-order valence-corrected chi connectivity index (χ4v) is 2.75. The summed E-state index contributed by atoms with van der Waals surface area (Å²) in [5.41, 5.74) is 0. The molecule has 2 rings (SSSR count). The zero-order valence-corrected chi connectivity index (χ0v) is 11.4. The van der Waals surface area contributed by atoms with Crippen molar-refractivity contribution in [2.75, 3.05) is 13.1 Å². The summed E-state index contributed by atoms with van der Waals surface area (Å²) in [6, 6.07) is 0.383. The van der Waals surface area contributed by atoms with Gasteiger partial charge in [-0.05, 0) is 38.4 Å². The molecule has 2 aliphatic rings. The summed E-state index contributed by atoms with van der Waals surface area (Å²) in [5.74, 6) is 0. The van der Waals surface area contributed by atoms with E-state index in [0.717, 1.165) is 12.8 Å². The molecule has 0 bridgehead atoms. The molecule has 1 saturated carbocycles. The average molecular weight is 205 g/mol. The maximum absolute atomic E-state index is 11.7. The summed E-state index contributed by atoms with van der Waals surface area (Å²) in [6.07, 6.45) is 8.22. The van der Waals surface area contributed by atoms with Gasteiger partial charge in [-0.15, -0.1) is 6.10 Å². The molecule has 1 saturated heterocycles. The Morgan fingerprint density at radius 2 is 1.50 bits per heavy atom. The predicted molar refractivity (Wildman–Crippen MR) is 51.5 cm³/mol. The van der Waals surface area contributed by atoms with Crippen molar-refractivity contribution in [1.29, 1.82) is 0 Å². The van der Waals surface area contributed by atoms with Crippen molar-refractivity contribution in [2.24, 2.45) is 0 Å². The maximum atomic E-state index is 11.7. The molecular weight excluding hydrogens is 185 g/mol. The molecule has 0 spiro atoms. The second-order valence-corrected chi connectivity index (χ2v) is 4.49. The molecule has 0 unspecified atom stereocenters. The second-order valence-electron chi connectivity index (χ2n) is 4.49. The Bertz CT molecular complexity index is 159. The van der Waals surface area contributed by atoms with E-state index in [1.807, 2.05) is 0 Å². The fraction of sp³-hybridized carbons (Fsp3) is 1.00. The van der Waals surface area contributed by atoms with Crippen molar-refractivity contribution >= 4 is 0 Å². The van der Waals surface area contributed by atoms with Crippen molar-refractivity contribution in [3.05, 3.63) is 0 Å². The van der Waals surface area contributed by atoms with E-state index < -0.39 is 0 Å². The van der Waals surface area contributed by atoms with Gasteiger partial charge in [0.15, 0.2) is 0 Å². The van der Waals surface area contributed by atoms with Gasteiger partial charge in [0.25, 0.3) is 0 Å². The Morgan fingerprint density at radius 3 is 2.14 bits per heavy atom. The Hall–Kier alpha value is 0.920. The summed E-state index contributed by atoms with van der Waals surface area (Å²) in [6.45, 7) is 2.37. The molecule has 1 heterocycles. The van der Waals surface area contributed by atoms with Crippen LogP contribution >= 0.6 is 0 Å². The van der Waals surface area contributed by atoms with Crippen molar-refractivity contribution in [1.82, 2.24) is 4.90 Å². The van der Waals surface area contributed by atoms with Crippen molar-refractivity contribution in [2.45, 2.75) is 57.1 Å². The standard InChI is InChI=1S/C11H20NO.Na/c13-11-7-3-2-6-10(11)12-8-4-1-5-9-12;/h10-11H,1-9H2;/q-1;+1/t10-,11-;/m1./s1. The molecule has 1 aliphatic carbocycles. The third-order valence-corrected chi connectivity index (χ3v) is 3.53. The summed E-state index contributed by atoms with van der Waals surface area (Å²) in [5, 5.41) is 11.7. The van der Waals surface area contributed by atoms with Crippen LogP contribution in [0, 0.1) is 0 Å². The Kier molecular flexibility index (Phi) is 6.02. The minimum Gasteiger partial charge on any atom is -0.851 e. The number of hydrogen-bond acceptors (Lipinski definition) is 2. The molecule has 0 aromatic rings. The predicted octanol–water partition coefficient (Wildman–Crippen LogP) is -1.85. The van der Waals surface area contributed by atoms with Crippen LogP contribution < -0.4 is 34.7 Å². The van der Waals surface area contributed by atoms with Crippen LogP contribution in [0.1, 0.15) is 44.9 Å². The molecule has 0 N–H and O–H groups in total. The number of piperidine rings is 1. The van der Waals surface area contributed by atoms with E-state index in [4.69, 9.17) is 0 Å². The quantitative estimate of drug-likeness (QED) is 0.470. The summed E-state index contributed by atoms with van der Waals surface area (Å²) < 4.78 is 0. The first kappa shape index (κ1) is 13.0. The zero-order valence-electron chi connectivity index (χ0n) is 9.37. The van der Waals surface area contributed by atoms with Crippen LogP contribution in [0.15, 0.2) is 0 Å². The van der Waals surface area contributed by atoms with Crippen LogP contribution in [0.5, 0.6) is 0 Å². The van der Waals surface area contributed by atoms with Crippen molar-refractivity contribution in [3.8, 4) is 0 Å². The van der Waals surface area contributed by atoms with Crippen molar-refractivity contribution < 1.29 is 34.7 Å². The molecule has 0 amide bonds. The molecular formula is C11H20NNaO. The Balaban J connectivity index is 0.000000980. The van der Waals surface area contributed by atoms with Crippen LogP contribution in [0.4, 0.5) is 0 Å². The molecule has 0 radical (unpaired) electrons. The van der Waals surface area contributed by atoms with E-state index in [-0.39, 0.29) is 35.7 Å². The van der Waals surface area contributed by atoms with Gasteiger partial charge in [-0.1, -0.05) is 25.7 Å². The fourth-order valence-electron chi connectivity index (χ4n) is 2.75. The van der Waals surface area contributed by atoms with E-state index in [0.29, 0.717) is 6.04 Å². The first-order chi connectivity index (χ1) is 6.38. The topological polar surface area (TPSA) is 26.3 Å². The third kappa shape index (κ3) is 3.21. The van der Waals surface area contributed by atoms with Gasteiger partial charge in [-0.2, -0.15) is 0 Å². The molecule has 2 atom stereocenters. The van der Waals surface area contributed by atoms with E-state index in [9.17, 15) is 5.11 Å². The monoisotopic (exact) mass is 205 g/mol. The smallest absolute Gasteiger partial charge is 0.851 e. The Morgan fingerprint density at radius 1 is 0.857 bits per heavy atom. The van der Waals surface area contributed by atoms with Gasteiger partial charge in [0.2, 0.25) is 0 Å². The van der Waals surface area contributed by atoms with Gasteiger partial charge < -0.3 is 10.0 Å². The van der Waals surface area contributed by atoms with Gasteiger partial charge in [-0.3, -0.25) is 0 Å². The van der Waals surface area contributed by atoms with E-state index in [2.05, 4.69) is 4.90 Å². The minimum absolute atomic E-state index is 0. The molecule has 0 aromatic carbocycles. The molecule has 76 valence electrons. The molecule has 1 aliphatic heterocycles. The third-order valence-electron chi connectivity index (χ3n) is 3.53. The van der Waals surface area contributed by atoms with Crippen LogP contribution in [0.2, 0.25) is 0 Å².